The molecule has 1 aromatic rings. The van der Waals surface area contributed by atoms with Crippen molar-refractivity contribution < 1.29 is 4.74 Å². The van der Waals surface area contributed by atoms with E-state index < -0.39 is 0 Å². The average molecular weight is 237 g/mol. The molecule has 0 aliphatic heterocycles. The zero-order valence-corrected chi connectivity index (χ0v) is 10.4. The van der Waals surface area contributed by atoms with Gasteiger partial charge in [-0.1, -0.05) is 12.8 Å². The predicted octanol–water partition coefficient (Wildman–Crippen LogP) is 1.45. The Labute approximate surface area is 101 Å². The van der Waals surface area contributed by atoms with Crippen LogP contribution in [0, 0.1) is 6.92 Å². The lowest BCUT2D eigenvalue weighted by Gasteiger charge is -2.27. The lowest BCUT2D eigenvalue weighted by molar-refractivity contribution is 0.00729. The third-order valence-electron chi connectivity index (χ3n) is 3.40. The molecule has 1 fully saturated rings. The molecular weight excluding hydrogens is 218 g/mol. The van der Waals surface area contributed by atoms with Crippen molar-refractivity contribution >= 4 is 5.95 Å². The summed E-state index contributed by atoms with van der Waals surface area (Å²) in [7, 11) is 1.75. The van der Waals surface area contributed by atoms with Gasteiger partial charge in [-0.2, -0.15) is 0 Å². The van der Waals surface area contributed by atoms with Crippen LogP contribution in [0.5, 0.6) is 0 Å². The smallest absolute Gasteiger partial charge is 0.252 e. The number of hydrogen-bond donors (Lipinski definition) is 2. The third-order valence-corrected chi connectivity index (χ3v) is 3.40. The highest BCUT2D eigenvalue weighted by Gasteiger charge is 2.33. The molecule has 0 atom stereocenters. The normalized spacial score (nSPS) is 18.2. The molecule has 1 aliphatic rings. The molecule has 0 spiro atoms. The molecular formula is C12H19N3O2. The molecule has 2 N–H and O–H groups in total. The van der Waals surface area contributed by atoms with E-state index in [9.17, 15) is 4.79 Å². The average Bonchev–Trinajstić information content (AvgIpc) is 2.74. The first-order valence-electron chi connectivity index (χ1n) is 6.01. The van der Waals surface area contributed by atoms with Gasteiger partial charge in [0.05, 0.1) is 5.60 Å². The van der Waals surface area contributed by atoms with Crippen LogP contribution in [0.4, 0.5) is 5.95 Å². The van der Waals surface area contributed by atoms with Crippen molar-refractivity contribution in [3.8, 4) is 0 Å². The molecule has 1 heterocycles. The minimum atomic E-state index is -0.127. The molecule has 0 unspecified atom stereocenters. The Bertz CT molecular complexity index is 436. The van der Waals surface area contributed by atoms with Gasteiger partial charge in [-0.3, -0.25) is 9.78 Å². The van der Waals surface area contributed by atoms with Gasteiger partial charge >= 0.3 is 0 Å². The van der Waals surface area contributed by atoms with Crippen LogP contribution in [0.25, 0.3) is 0 Å². The van der Waals surface area contributed by atoms with Crippen LogP contribution in [0.15, 0.2) is 10.9 Å². The lowest BCUT2D eigenvalue weighted by atomic mass is 10.0. The third kappa shape index (κ3) is 2.85. The van der Waals surface area contributed by atoms with Gasteiger partial charge in [0.25, 0.3) is 5.56 Å². The largest absolute Gasteiger partial charge is 0.376 e. The van der Waals surface area contributed by atoms with Crippen LogP contribution in [-0.2, 0) is 4.74 Å². The fourth-order valence-electron chi connectivity index (χ4n) is 2.38. The Balaban J connectivity index is 2.03. The van der Waals surface area contributed by atoms with E-state index >= 15 is 0 Å². The summed E-state index contributed by atoms with van der Waals surface area (Å²) in [5, 5.41) is 3.17. The van der Waals surface area contributed by atoms with E-state index in [1.54, 1.807) is 7.11 Å². The summed E-state index contributed by atoms with van der Waals surface area (Å²) in [5.74, 6) is 0.526. The molecule has 0 saturated heterocycles. The Morgan fingerprint density at radius 1 is 1.53 bits per heavy atom. The quantitative estimate of drug-likeness (QED) is 0.831. The number of H-pyrrole nitrogens is 1. The highest BCUT2D eigenvalue weighted by atomic mass is 16.5. The van der Waals surface area contributed by atoms with Crippen molar-refractivity contribution in [1.82, 2.24) is 9.97 Å². The van der Waals surface area contributed by atoms with Crippen molar-refractivity contribution in [3.63, 3.8) is 0 Å². The molecule has 0 aromatic carbocycles. The second kappa shape index (κ2) is 4.87. The fourth-order valence-corrected chi connectivity index (χ4v) is 2.38. The summed E-state index contributed by atoms with van der Waals surface area (Å²) >= 11 is 0. The van der Waals surface area contributed by atoms with Gasteiger partial charge in [0.1, 0.15) is 0 Å². The number of rotatable bonds is 4. The minimum Gasteiger partial charge on any atom is -0.376 e. The van der Waals surface area contributed by atoms with Crippen LogP contribution < -0.4 is 10.9 Å². The molecule has 0 bridgehead atoms. The maximum Gasteiger partial charge on any atom is 0.252 e. The minimum absolute atomic E-state index is 0.0949. The monoisotopic (exact) mass is 237 g/mol. The number of aromatic nitrogens is 2. The van der Waals surface area contributed by atoms with Crippen molar-refractivity contribution in [3.05, 3.63) is 22.1 Å². The highest BCUT2D eigenvalue weighted by Crippen LogP contribution is 2.32. The summed E-state index contributed by atoms with van der Waals surface area (Å²) < 4.78 is 5.60. The maximum atomic E-state index is 11.3. The molecule has 5 nitrogen and oxygen atoms in total. The molecule has 5 heteroatoms. The standard InChI is InChI=1S/C12H19N3O2/c1-9-7-10(16)15-11(14-9)13-8-12(17-2)5-3-4-6-12/h7H,3-6,8H2,1-2H3,(H2,13,14,15,16). The van der Waals surface area contributed by atoms with Gasteiger partial charge in [0.2, 0.25) is 5.95 Å². The second-order valence-corrected chi connectivity index (χ2v) is 4.68. The van der Waals surface area contributed by atoms with Crippen LogP contribution in [-0.4, -0.2) is 29.2 Å². The first kappa shape index (κ1) is 12.1. The Morgan fingerprint density at radius 3 is 2.82 bits per heavy atom. The van der Waals surface area contributed by atoms with Gasteiger partial charge < -0.3 is 10.1 Å². The topological polar surface area (TPSA) is 67.0 Å². The number of methoxy groups -OCH3 is 1. The highest BCUT2D eigenvalue weighted by molar-refractivity contribution is 5.25. The Morgan fingerprint density at radius 2 is 2.24 bits per heavy atom. The van der Waals surface area contributed by atoms with E-state index in [0.717, 1.165) is 12.8 Å². The number of aromatic amines is 1. The first-order chi connectivity index (χ1) is 8.13. The van der Waals surface area contributed by atoms with Crippen molar-refractivity contribution in [2.45, 2.75) is 38.2 Å². The Kier molecular flexibility index (Phi) is 3.47. The van der Waals surface area contributed by atoms with Gasteiger partial charge in [-0.25, -0.2) is 4.98 Å². The number of nitrogens with zero attached hydrogens (tertiary/aromatic N) is 1. The number of nitrogens with one attached hydrogen (secondary N) is 2. The van der Waals surface area contributed by atoms with Crippen molar-refractivity contribution in [1.29, 1.82) is 0 Å². The van der Waals surface area contributed by atoms with Crippen LogP contribution in [0.1, 0.15) is 31.4 Å². The molecule has 1 aromatic heterocycles. The van der Waals surface area contributed by atoms with E-state index in [0.29, 0.717) is 18.2 Å². The summed E-state index contributed by atoms with van der Waals surface area (Å²) in [6.45, 7) is 2.50. The lowest BCUT2D eigenvalue weighted by Crippen LogP contribution is -2.36. The van der Waals surface area contributed by atoms with E-state index in [1.807, 2.05) is 6.92 Å². The van der Waals surface area contributed by atoms with Gasteiger partial charge in [0.15, 0.2) is 0 Å². The molecule has 2 rings (SSSR count). The first-order valence-corrected chi connectivity index (χ1v) is 6.01. The molecule has 0 amide bonds. The summed E-state index contributed by atoms with van der Waals surface area (Å²) in [6, 6.07) is 1.48. The molecule has 17 heavy (non-hydrogen) atoms. The zero-order chi connectivity index (χ0) is 12.3. The maximum absolute atomic E-state index is 11.3. The summed E-state index contributed by atoms with van der Waals surface area (Å²) in [4.78, 5) is 18.2. The van der Waals surface area contributed by atoms with Crippen LogP contribution in [0.2, 0.25) is 0 Å². The number of hydrogen-bond acceptors (Lipinski definition) is 4. The fraction of sp³-hybridized carbons (Fsp3) is 0.667. The van der Waals surface area contributed by atoms with Crippen molar-refractivity contribution in [2.75, 3.05) is 19.0 Å². The van der Waals surface area contributed by atoms with Gasteiger partial charge in [0, 0.05) is 25.4 Å². The molecule has 1 aliphatic carbocycles. The zero-order valence-electron chi connectivity index (χ0n) is 10.4. The number of anilines is 1. The van der Waals surface area contributed by atoms with Gasteiger partial charge in [-0.15, -0.1) is 0 Å². The van der Waals surface area contributed by atoms with Crippen molar-refractivity contribution in [2.24, 2.45) is 0 Å². The second-order valence-electron chi connectivity index (χ2n) is 4.68. The molecule has 94 valence electrons. The Hall–Kier alpha value is -1.36. The number of aryl methyl sites for hydroxylation is 1. The SMILES string of the molecule is COC1(CNc2nc(C)cc(=O)[nH]2)CCCC1. The summed E-state index contributed by atoms with van der Waals surface area (Å²) in [5.41, 5.74) is 0.495. The van der Waals surface area contributed by atoms with Crippen LogP contribution in [0.3, 0.4) is 0 Å². The van der Waals surface area contributed by atoms with Crippen LogP contribution >= 0.6 is 0 Å². The van der Waals surface area contributed by atoms with Gasteiger partial charge in [-0.05, 0) is 19.8 Å². The van der Waals surface area contributed by atoms with E-state index in [-0.39, 0.29) is 11.2 Å². The van der Waals surface area contributed by atoms with E-state index in [2.05, 4.69) is 15.3 Å². The number of ether oxygens (including phenoxy) is 1. The molecule has 1 saturated carbocycles. The predicted molar refractivity (Wildman–Crippen MR) is 66.3 cm³/mol. The van der Waals surface area contributed by atoms with E-state index in [4.69, 9.17) is 4.74 Å². The summed E-state index contributed by atoms with van der Waals surface area (Å²) in [6.07, 6.45) is 4.53. The molecule has 0 radical (unpaired) electrons. The van der Waals surface area contributed by atoms with E-state index in [1.165, 1.54) is 18.9 Å².